The fourth-order valence-electron chi connectivity index (χ4n) is 5.13. The van der Waals surface area contributed by atoms with Crippen LogP contribution in [0, 0.1) is 17.1 Å². The van der Waals surface area contributed by atoms with Gasteiger partial charge in [0.15, 0.2) is 0 Å². The number of nitriles is 1. The molecule has 5 rings (SSSR count). The van der Waals surface area contributed by atoms with Crippen molar-refractivity contribution in [3.05, 3.63) is 88.8 Å². The zero-order valence-corrected chi connectivity index (χ0v) is 22.2. The first-order valence-corrected chi connectivity index (χ1v) is 13.2. The van der Waals surface area contributed by atoms with Crippen molar-refractivity contribution >= 4 is 40.8 Å². The Hall–Kier alpha value is -4.43. The Kier molecular flexibility index (Phi) is 7.69. The molecule has 3 aromatic rings. The van der Waals surface area contributed by atoms with Crippen LogP contribution in [0.4, 0.5) is 24.7 Å². The van der Waals surface area contributed by atoms with Gasteiger partial charge < -0.3 is 5.32 Å². The van der Waals surface area contributed by atoms with Crippen LogP contribution in [-0.4, -0.2) is 40.7 Å². The van der Waals surface area contributed by atoms with E-state index in [1.165, 1.54) is 53.6 Å². The maximum absolute atomic E-state index is 14.5. The fourth-order valence-corrected chi connectivity index (χ4v) is 5.37. The molecule has 1 aromatic heterocycles. The van der Waals surface area contributed by atoms with Gasteiger partial charge >= 0.3 is 0 Å². The van der Waals surface area contributed by atoms with E-state index >= 15 is 0 Å². The van der Waals surface area contributed by atoms with E-state index in [4.69, 9.17) is 16.9 Å². The quantitative estimate of drug-likeness (QED) is 0.426. The summed E-state index contributed by atoms with van der Waals surface area (Å²) >= 11 is 6.48. The average Bonchev–Trinajstić information content (AvgIpc) is 3.32. The molecular formula is C29H23ClF3N5O3. The summed E-state index contributed by atoms with van der Waals surface area (Å²) in [6, 6.07) is 12.6. The van der Waals surface area contributed by atoms with Gasteiger partial charge in [0.1, 0.15) is 29.8 Å². The molecule has 2 aliphatic rings. The molecule has 2 aromatic carbocycles. The number of hydrogen-bond donors (Lipinski definition) is 1. The van der Waals surface area contributed by atoms with Gasteiger partial charge in [0.25, 0.3) is 11.8 Å². The standard InChI is InChI=1S/C29H23ClF3N5O3/c30-22-7-2-1-6-21(22)26(27(40)36-19-13-29(32,33)14-19)37(20-5-3-4-18(31)12-20)28(41)23-9-11-25(39)38(23)24-10-8-17(15-34)16-35-24/h1-8,10,12,16,19,23,26H,9,11,13-14H2,(H,36,40)/t23-,26-/m0/s1. The van der Waals surface area contributed by atoms with Crippen molar-refractivity contribution in [2.45, 2.75) is 49.7 Å². The third-order valence-electron chi connectivity index (χ3n) is 7.09. The van der Waals surface area contributed by atoms with Gasteiger partial charge in [-0.25, -0.2) is 18.2 Å². The molecule has 0 radical (unpaired) electrons. The highest BCUT2D eigenvalue weighted by molar-refractivity contribution is 6.31. The SMILES string of the molecule is N#Cc1ccc(N2C(=O)CC[C@H]2C(=O)N(c2cccc(F)c2)[C@H](C(=O)NC2CC(F)(F)C2)c2ccccc2Cl)nc1. The number of alkyl halides is 2. The van der Waals surface area contributed by atoms with Crippen molar-refractivity contribution < 1.29 is 27.6 Å². The highest BCUT2D eigenvalue weighted by atomic mass is 35.5. The van der Waals surface area contributed by atoms with Crippen LogP contribution in [0.25, 0.3) is 0 Å². The van der Waals surface area contributed by atoms with Crippen LogP contribution < -0.4 is 15.1 Å². The van der Waals surface area contributed by atoms with Crippen molar-refractivity contribution in [1.82, 2.24) is 10.3 Å². The molecule has 1 aliphatic heterocycles. The number of nitrogens with one attached hydrogen (secondary N) is 1. The summed E-state index contributed by atoms with van der Waals surface area (Å²) in [6.45, 7) is 0. The third kappa shape index (κ3) is 5.74. The van der Waals surface area contributed by atoms with Gasteiger partial charge in [-0.2, -0.15) is 5.26 Å². The number of nitrogens with zero attached hydrogens (tertiary/aromatic N) is 4. The summed E-state index contributed by atoms with van der Waals surface area (Å²) in [5, 5.41) is 11.8. The molecule has 210 valence electrons. The van der Waals surface area contributed by atoms with Crippen molar-refractivity contribution in [3.63, 3.8) is 0 Å². The van der Waals surface area contributed by atoms with Gasteiger partial charge in [-0.3, -0.25) is 24.2 Å². The average molecular weight is 582 g/mol. The summed E-state index contributed by atoms with van der Waals surface area (Å²) in [4.78, 5) is 47.5. The highest BCUT2D eigenvalue weighted by Gasteiger charge is 2.48. The van der Waals surface area contributed by atoms with Crippen LogP contribution in [0.5, 0.6) is 0 Å². The van der Waals surface area contributed by atoms with Crippen LogP contribution in [0.15, 0.2) is 66.9 Å². The maximum atomic E-state index is 14.5. The largest absolute Gasteiger partial charge is 0.351 e. The first-order chi connectivity index (χ1) is 19.6. The number of benzene rings is 2. The fraction of sp³-hybridized carbons (Fsp3) is 0.276. The Bertz CT molecular complexity index is 1540. The number of aromatic nitrogens is 1. The topological polar surface area (TPSA) is 106 Å². The Morgan fingerprint density at radius 3 is 2.54 bits per heavy atom. The molecule has 2 fully saturated rings. The lowest BCUT2D eigenvalue weighted by molar-refractivity contribution is -0.133. The van der Waals surface area contributed by atoms with E-state index in [-0.39, 0.29) is 40.5 Å². The number of carbonyl (C=O) groups is 3. The smallest absolute Gasteiger partial charge is 0.252 e. The first kappa shape index (κ1) is 28.1. The summed E-state index contributed by atoms with van der Waals surface area (Å²) in [5.74, 6) is -5.40. The van der Waals surface area contributed by atoms with Crippen molar-refractivity contribution in [3.8, 4) is 6.07 Å². The summed E-state index contributed by atoms with van der Waals surface area (Å²) in [6.07, 6.45) is 0.210. The van der Waals surface area contributed by atoms with E-state index in [0.717, 1.165) is 11.0 Å². The monoisotopic (exact) mass is 581 g/mol. The molecule has 2 heterocycles. The lowest BCUT2D eigenvalue weighted by Crippen LogP contribution is -2.56. The predicted molar refractivity (Wildman–Crippen MR) is 144 cm³/mol. The molecule has 8 nitrogen and oxygen atoms in total. The predicted octanol–water partition coefficient (Wildman–Crippen LogP) is 4.93. The number of anilines is 2. The van der Waals surface area contributed by atoms with E-state index < -0.39 is 60.4 Å². The summed E-state index contributed by atoms with van der Waals surface area (Å²) < 4.78 is 41.7. The molecule has 1 aliphatic carbocycles. The molecule has 3 amide bonds. The van der Waals surface area contributed by atoms with Crippen LogP contribution >= 0.6 is 11.6 Å². The van der Waals surface area contributed by atoms with Crippen LogP contribution in [-0.2, 0) is 14.4 Å². The number of rotatable bonds is 7. The Morgan fingerprint density at radius 2 is 1.90 bits per heavy atom. The minimum Gasteiger partial charge on any atom is -0.351 e. The first-order valence-electron chi connectivity index (χ1n) is 12.8. The Labute approximate surface area is 238 Å². The minimum atomic E-state index is -2.91. The zero-order chi connectivity index (χ0) is 29.3. The molecule has 1 saturated carbocycles. The summed E-state index contributed by atoms with van der Waals surface area (Å²) in [5.41, 5.74) is 0.436. The second-order valence-corrected chi connectivity index (χ2v) is 10.3. The van der Waals surface area contributed by atoms with E-state index in [1.807, 2.05) is 6.07 Å². The molecule has 41 heavy (non-hydrogen) atoms. The third-order valence-corrected chi connectivity index (χ3v) is 7.43. The lowest BCUT2D eigenvalue weighted by Gasteiger charge is -2.39. The van der Waals surface area contributed by atoms with Gasteiger partial charge in [0.2, 0.25) is 11.8 Å². The number of pyridine rings is 1. The molecule has 0 unspecified atom stereocenters. The normalized spacial score (nSPS) is 18.8. The van der Waals surface area contributed by atoms with Crippen molar-refractivity contribution in [1.29, 1.82) is 5.26 Å². The second kappa shape index (κ2) is 11.2. The van der Waals surface area contributed by atoms with E-state index in [0.29, 0.717) is 0 Å². The molecule has 0 spiro atoms. The Morgan fingerprint density at radius 1 is 1.15 bits per heavy atom. The summed E-state index contributed by atoms with van der Waals surface area (Å²) in [7, 11) is 0. The number of amides is 3. The second-order valence-electron chi connectivity index (χ2n) is 9.92. The van der Waals surface area contributed by atoms with Crippen molar-refractivity contribution in [2.24, 2.45) is 0 Å². The van der Waals surface area contributed by atoms with Crippen LogP contribution in [0.3, 0.4) is 0 Å². The Balaban J connectivity index is 1.59. The molecule has 12 heteroatoms. The van der Waals surface area contributed by atoms with Gasteiger partial charge in [-0.05, 0) is 42.8 Å². The maximum Gasteiger partial charge on any atom is 0.252 e. The minimum absolute atomic E-state index is 0.00101. The highest BCUT2D eigenvalue weighted by Crippen LogP contribution is 2.39. The molecule has 2 atom stereocenters. The van der Waals surface area contributed by atoms with Crippen LogP contribution in [0.1, 0.15) is 42.9 Å². The van der Waals surface area contributed by atoms with Crippen LogP contribution in [0.2, 0.25) is 5.02 Å². The molecule has 1 saturated heterocycles. The van der Waals surface area contributed by atoms with Gasteiger partial charge in [-0.15, -0.1) is 0 Å². The van der Waals surface area contributed by atoms with E-state index in [2.05, 4.69) is 10.3 Å². The van der Waals surface area contributed by atoms with Gasteiger partial charge in [0, 0.05) is 47.8 Å². The van der Waals surface area contributed by atoms with Gasteiger partial charge in [-0.1, -0.05) is 35.9 Å². The van der Waals surface area contributed by atoms with Crippen molar-refractivity contribution in [2.75, 3.05) is 9.80 Å². The number of hydrogen-bond acceptors (Lipinski definition) is 5. The number of carbonyl (C=O) groups excluding carboxylic acids is 3. The molecule has 1 N–H and O–H groups in total. The number of halogens is 4. The van der Waals surface area contributed by atoms with Gasteiger partial charge in [0.05, 0.1) is 5.56 Å². The lowest BCUT2D eigenvalue weighted by atomic mass is 9.87. The zero-order valence-electron chi connectivity index (χ0n) is 21.4. The van der Waals surface area contributed by atoms with E-state index in [9.17, 15) is 27.6 Å². The molecule has 0 bridgehead atoms. The molecular weight excluding hydrogens is 559 g/mol. The van der Waals surface area contributed by atoms with E-state index in [1.54, 1.807) is 12.1 Å².